The van der Waals surface area contributed by atoms with Crippen LogP contribution in [0.15, 0.2) is 23.1 Å². The van der Waals surface area contributed by atoms with E-state index in [9.17, 15) is 17.2 Å². The molecule has 0 saturated carbocycles. The Balaban J connectivity index is 3.33. The average molecular weight is 193 g/mol. The molecule has 0 radical (unpaired) electrons. The zero-order valence-electron chi connectivity index (χ0n) is 5.79. The molecule has 6 heteroatoms. The Bertz CT molecular complexity index is 402. The second kappa shape index (κ2) is 2.80. The molecule has 0 aromatic heterocycles. The summed E-state index contributed by atoms with van der Waals surface area (Å²) in [5.41, 5.74) is 0. The minimum absolute atomic E-state index is 0.443. The number of hydrogen-bond acceptors (Lipinski definition) is 2. The first-order chi connectivity index (χ1) is 5.41. The smallest absolute Gasteiger partial charge is 0.225 e. The molecule has 66 valence electrons. The predicted molar refractivity (Wildman–Crippen MR) is 37.7 cm³/mol. The summed E-state index contributed by atoms with van der Waals surface area (Å²) >= 11 is 0. The van der Waals surface area contributed by atoms with Crippen LogP contribution >= 0.6 is 0 Å². The second-order valence-electron chi connectivity index (χ2n) is 2.12. The second-order valence-corrected chi connectivity index (χ2v) is 3.68. The molecule has 2 N–H and O–H groups in total. The third kappa shape index (κ3) is 1.77. The van der Waals surface area contributed by atoms with E-state index in [1.54, 1.807) is 0 Å². The first-order valence-electron chi connectivity index (χ1n) is 2.89. The van der Waals surface area contributed by atoms with E-state index < -0.39 is 26.6 Å². The summed E-state index contributed by atoms with van der Waals surface area (Å²) in [7, 11) is -3.95. The molecule has 0 bridgehead atoms. The molecule has 0 aliphatic rings. The molecule has 0 atom stereocenters. The number of nitrogens with two attached hydrogens (primary N) is 1. The van der Waals surface area contributed by atoms with Gasteiger partial charge in [0.1, 0.15) is 0 Å². The van der Waals surface area contributed by atoms with Gasteiger partial charge in [0.15, 0.2) is 11.6 Å². The maximum atomic E-state index is 12.4. The van der Waals surface area contributed by atoms with Crippen LogP contribution in [0.4, 0.5) is 8.78 Å². The van der Waals surface area contributed by atoms with Crippen LogP contribution in [0.25, 0.3) is 0 Å². The molecule has 1 aromatic rings. The number of hydrogen-bond donors (Lipinski definition) is 1. The van der Waals surface area contributed by atoms with Gasteiger partial charge in [0, 0.05) is 0 Å². The molecule has 0 amide bonds. The van der Waals surface area contributed by atoms with Crippen molar-refractivity contribution < 1.29 is 17.2 Å². The molecule has 0 aliphatic carbocycles. The lowest BCUT2D eigenvalue weighted by Crippen LogP contribution is -2.12. The van der Waals surface area contributed by atoms with E-state index >= 15 is 0 Å². The molecule has 0 saturated heterocycles. The normalized spacial score (nSPS) is 11.6. The fourth-order valence-electron chi connectivity index (χ4n) is 0.654. The van der Waals surface area contributed by atoms with Gasteiger partial charge in [-0.2, -0.15) is 0 Å². The molecule has 0 spiro atoms. The van der Waals surface area contributed by atoms with Crippen LogP contribution in [-0.4, -0.2) is 8.42 Å². The zero-order chi connectivity index (χ0) is 9.35. The van der Waals surface area contributed by atoms with Crippen molar-refractivity contribution >= 4 is 10.0 Å². The fraction of sp³-hybridized carbons (Fsp3) is 0. The Morgan fingerprint density at radius 3 is 2.17 bits per heavy atom. The molecule has 1 rings (SSSR count). The summed E-state index contributed by atoms with van der Waals surface area (Å²) in [5.74, 6) is -2.34. The van der Waals surface area contributed by atoms with Gasteiger partial charge in [0.05, 0.1) is 4.90 Å². The number of halogens is 2. The Labute approximate surface area is 67.9 Å². The highest BCUT2D eigenvalue weighted by Crippen LogP contribution is 2.11. The summed E-state index contributed by atoms with van der Waals surface area (Å²) in [5, 5.41) is 4.66. The quantitative estimate of drug-likeness (QED) is 0.710. The standard InChI is InChI=1S/C6H5F2NO2S/c7-5-2-1-4(3-6(5)8)12(9,10)11/h1-3H,(H2,9,10,11). The van der Waals surface area contributed by atoms with Crippen LogP contribution in [-0.2, 0) is 10.0 Å². The topological polar surface area (TPSA) is 60.2 Å². The van der Waals surface area contributed by atoms with Crippen LogP contribution in [0.2, 0.25) is 0 Å². The van der Waals surface area contributed by atoms with Crippen molar-refractivity contribution in [1.82, 2.24) is 0 Å². The van der Waals surface area contributed by atoms with Crippen LogP contribution in [0, 0.1) is 11.6 Å². The van der Waals surface area contributed by atoms with Gasteiger partial charge in [-0.1, -0.05) is 0 Å². The highest BCUT2D eigenvalue weighted by molar-refractivity contribution is 7.89. The highest BCUT2D eigenvalue weighted by atomic mass is 32.2. The van der Waals surface area contributed by atoms with Crippen molar-refractivity contribution in [2.75, 3.05) is 0 Å². The highest BCUT2D eigenvalue weighted by Gasteiger charge is 2.10. The van der Waals surface area contributed by atoms with Crippen molar-refractivity contribution in [3.8, 4) is 0 Å². The van der Waals surface area contributed by atoms with Crippen LogP contribution < -0.4 is 5.14 Å². The van der Waals surface area contributed by atoms with Crippen molar-refractivity contribution in [2.24, 2.45) is 5.14 Å². The summed E-state index contributed by atoms with van der Waals surface area (Å²) in [6, 6.07) is 2.13. The lowest BCUT2D eigenvalue weighted by atomic mass is 10.3. The van der Waals surface area contributed by atoms with E-state index in [0.717, 1.165) is 6.07 Å². The van der Waals surface area contributed by atoms with Crippen LogP contribution in [0.5, 0.6) is 0 Å². The molecule has 0 fully saturated rings. The van der Waals surface area contributed by atoms with E-state index in [0.29, 0.717) is 12.1 Å². The Morgan fingerprint density at radius 2 is 1.75 bits per heavy atom. The van der Waals surface area contributed by atoms with Gasteiger partial charge in [-0.25, -0.2) is 22.3 Å². The SMILES string of the molecule is NS(=O)(=O)c1ccc(F)c(F)c1. The summed E-state index contributed by atoms with van der Waals surface area (Å²) < 4.78 is 45.9. The van der Waals surface area contributed by atoms with Crippen molar-refractivity contribution in [1.29, 1.82) is 0 Å². The van der Waals surface area contributed by atoms with Gasteiger partial charge in [0.2, 0.25) is 10.0 Å². The van der Waals surface area contributed by atoms with Crippen molar-refractivity contribution in [3.63, 3.8) is 0 Å². The van der Waals surface area contributed by atoms with Gasteiger partial charge in [-0.15, -0.1) is 0 Å². The Kier molecular flexibility index (Phi) is 2.12. The van der Waals surface area contributed by atoms with E-state index in [-0.39, 0.29) is 0 Å². The van der Waals surface area contributed by atoms with Crippen LogP contribution in [0.3, 0.4) is 0 Å². The largest absolute Gasteiger partial charge is 0.238 e. The first kappa shape index (κ1) is 9.08. The fourth-order valence-corrected chi connectivity index (χ4v) is 1.18. The number of rotatable bonds is 1. The number of sulfonamides is 1. The van der Waals surface area contributed by atoms with E-state index in [4.69, 9.17) is 0 Å². The van der Waals surface area contributed by atoms with Gasteiger partial charge < -0.3 is 0 Å². The zero-order valence-corrected chi connectivity index (χ0v) is 6.61. The number of primary sulfonamides is 1. The van der Waals surface area contributed by atoms with E-state index in [1.807, 2.05) is 0 Å². The Hall–Kier alpha value is -1.01. The third-order valence-electron chi connectivity index (χ3n) is 1.22. The molecule has 3 nitrogen and oxygen atoms in total. The van der Waals surface area contributed by atoms with Crippen molar-refractivity contribution in [2.45, 2.75) is 4.90 Å². The van der Waals surface area contributed by atoms with Crippen LogP contribution in [0.1, 0.15) is 0 Å². The molecular weight excluding hydrogens is 188 g/mol. The van der Waals surface area contributed by atoms with Gasteiger partial charge in [-0.3, -0.25) is 0 Å². The predicted octanol–water partition coefficient (Wildman–Crippen LogP) is 0.612. The van der Waals surface area contributed by atoms with E-state index in [2.05, 4.69) is 5.14 Å². The molecule has 0 unspecified atom stereocenters. The summed E-state index contributed by atoms with van der Waals surface area (Å²) in [6.45, 7) is 0. The minimum atomic E-state index is -3.95. The summed E-state index contributed by atoms with van der Waals surface area (Å²) in [4.78, 5) is -0.443. The molecule has 12 heavy (non-hydrogen) atoms. The molecular formula is C6H5F2NO2S. The first-order valence-corrected chi connectivity index (χ1v) is 4.44. The lowest BCUT2D eigenvalue weighted by molar-refractivity contribution is 0.504. The lowest BCUT2D eigenvalue weighted by Gasteiger charge is -1.97. The average Bonchev–Trinajstić information content (AvgIpc) is 1.92. The maximum absolute atomic E-state index is 12.4. The third-order valence-corrected chi connectivity index (χ3v) is 2.13. The molecule has 1 aromatic carbocycles. The van der Waals surface area contributed by atoms with Gasteiger partial charge in [-0.05, 0) is 18.2 Å². The van der Waals surface area contributed by atoms with E-state index in [1.165, 1.54) is 0 Å². The van der Waals surface area contributed by atoms with Gasteiger partial charge >= 0.3 is 0 Å². The molecule has 0 heterocycles. The summed E-state index contributed by atoms with van der Waals surface area (Å²) in [6.07, 6.45) is 0. The molecule has 0 aliphatic heterocycles. The maximum Gasteiger partial charge on any atom is 0.238 e. The number of benzene rings is 1. The Morgan fingerprint density at radius 1 is 1.17 bits per heavy atom. The van der Waals surface area contributed by atoms with Gasteiger partial charge in [0.25, 0.3) is 0 Å². The van der Waals surface area contributed by atoms with Crippen molar-refractivity contribution in [3.05, 3.63) is 29.8 Å². The minimum Gasteiger partial charge on any atom is -0.225 e. The monoisotopic (exact) mass is 193 g/mol.